The molecule has 0 saturated heterocycles. The summed E-state index contributed by atoms with van der Waals surface area (Å²) in [5, 5.41) is 0. The first-order valence-electron chi connectivity index (χ1n) is 25.9. The maximum atomic E-state index is 2.64. The molecule has 0 N–H and O–H groups in total. The summed E-state index contributed by atoms with van der Waals surface area (Å²) in [6.07, 6.45) is 0. The van der Waals surface area contributed by atoms with E-state index >= 15 is 0 Å². The zero-order valence-electron chi connectivity index (χ0n) is 40.5. The van der Waals surface area contributed by atoms with E-state index in [2.05, 4.69) is 260 Å². The molecule has 2 spiro atoms. The van der Waals surface area contributed by atoms with Crippen molar-refractivity contribution in [3.05, 3.63) is 292 Å². The second-order valence-electron chi connectivity index (χ2n) is 21.1. The number of aryl methyl sites for hydroxylation is 2. The van der Waals surface area contributed by atoms with Crippen LogP contribution in [0.4, 0.5) is 34.1 Å². The van der Waals surface area contributed by atoms with E-state index in [-0.39, 0.29) is 6.71 Å². The summed E-state index contributed by atoms with van der Waals surface area (Å²) < 4.78 is 0. The van der Waals surface area contributed by atoms with Crippen LogP contribution in [0.5, 0.6) is 0 Å². The predicted molar refractivity (Wildman–Crippen MR) is 303 cm³/mol. The Morgan fingerprint density at radius 3 is 0.959 bits per heavy atom. The Balaban J connectivity index is 0.947. The molecular formula is C70H45BN2. The van der Waals surface area contributed by atoms with Crippen LogP contribution >= 0.6 is 0 Å². The van der Waals surface area contributed by atoms with E-state index in [9.17, 15) is 0 Å². The normalized spacial score (nSPS) is 15.1. The second-order valence-corrected chi connectivity index (χ2v) is 21.1. The van der Waals surface area contributed by atoms with E-state index in [0.29, 0.717) is 0 Å². The van der Waals surface area contributed by atoms with Crippen LogP contribution in [-0.4, -0.2) is 6.71 Å². The lowest BCUT2D eigenvalue weighted by Gasteiger charge is -2.45. The molecule has 2 nitrogen and oxygen atoms in total. The minimum absolute atomic E-state index is 0.0106. The van der Waals surface area contributed by atoms with Gasteiger partial charge >= 0.3 is 0 Å². The van der Waals surface area contributed by atoms with Gasteiger partial charge in [0.1, 0.15) is 0 Å². The summed E-state index contributed by atoms with van der Waals surface area (Å²) in [7, 11) is 0. The van der Waals surface area contributed by atoms with Crippen LogP contribution in [0.3, 0.4) is 0 Å². The van der Waals surface area contributed by atoms with Crippen molar-refractivity contribution in [2.45, 2.75) is 24.7 Å². The molecule has 11 aromatic rings. The number of nitrogens with zero attached hydrogens (tertiary/aromatic N) is 2. The van der Waals surface area contributed by atoms with Gasteiger partial charge in [0, 0.05) is 33.9 Å². The number of benzene rings is 11. The van der Waals surface area contributed by atoms with Crippen LogP contribution < -0.4 is 26.2 Å². The van der Waals surface area contributed by atoms with Crippen LogP contribution in [0.2, 0.25) is 0 Å². The van der Waals surface area contributed by atoms with Gasteiger partial charge in [-0.05, 0) is 145 Å². The van der Waals surface area contributed by atoms with Gasteiger partial charge in [-0.25, -0.2) is 0 Å². The zero-order valence-corrected chi connectivity index (χ0v) is 40.5. The Morgan fingerprint density at radius 2 is 0.575 bits per heavy atom. The van der Waals surface area contributed by atoms with Crippen LogP contribution in [0.15, 0.2) is 237 Å². The van der Waals surface area contributed by atoms with E-state index in [4.69, 9.17) is 0 Å². The molecule has 0 aromatic heterocycles. The van der Waals surface area contributed by atoms with Gasteiger partial charge in [-0.2, -0.15) is 0 Å². The van der Waals surface area contributed by atoms with Crippen LogP contribution in [-0.2, 0) is 10.8 Å². The third kappa shape index (κ3) is 4.65. The van der Waals surface area contributed by atoms with Crippen molar-refractivity contribution in [3.63, 3.8) is 0 Å². The standard InChI is InChI=1S/C70H45BN2/c1-42-36-38-60-58(40-42)71-59-41-43(2)37-39-61(59)73(63-33-16-31-57-67(63)49-23-8-14-29-55(49)70(57)52-26-11-5-20-46(52)47-21-6-12-27-53(47)70)65-35-17-34-64(68(65)71)72(60)62-32-15-30-56-66(62)48-22-7-13-28-54(48)69(56)50-24-9-3-18-44(50)45-19-4-10-25-51(45)69/h3-41H,1-2H3. The molecule has 11 aromatic carbocycles. The number of hydrogen-bond donors (Lipinski definition) is 0. The highest BCUT2D eigenvalue weighted by molar-refractivity contribution is 7.00. The second kappa shape index (κ2) is 13.9. The lowest BCUT2D eigenvalue weighted by atomic mass is 9.33. The molecular weight excluding hydrogens is 880 g/mol. The summed E-state index contributed by atoms with van der Waals surface area (Å²) >= 11 is 0. The van der Waals surface area contributed by atoms with Gasteiger partial charge in [0.25, 0.3) is 6.71 Å². The molecule has 0 radical (unpaired) electrons. The van der Waals surface area contributed by atoms with Crippen LogP contribution in [0.1, 0.15) is 55.6 Å². The van der Waals surface area contributed by atoms with Crippen LogP contribution in [0, 0.1) is 13.8 Å². The average molecular weight is 925 g/mol. The Labute approximate surface area is 426 Å². The number of fused-ring (bicyclic) bond motifs is 24. The molecule has 0 atom stereocenters. The first-order chi connectivity index (χ1) is 36.1. The van der Waals surface area contributed by atoms with E-state index in [1.165, 1.54) is 151 Å². The predicted octanol–water partition coefficient (Wildman–Crippen LogP) is 15.1. The van der Waals surface area contributed by atoms with E-state index in [1.807, 2.05) is 0 Å². The SMILES string of the molecule is Cc1ccc2c(c1)B1c3cc(C)ccc3N(c3cccc4c3-c3ccccc3C43c4ccccc4-c4ccccc43)c3cccc(c31)N2c1cccc2c1-c1ccccc1C21c2ccccc2-c2ccccc21. The van der Waals surface area contributed by atoms with Gasteiger partial charge in [0.05, 0.1) is 22.2 Å². The highest BCUT2D eigenvalue weighted by Gasteiger charge is 2.55. The Hall–Kier alpha value is -8.92. The molecule has 3 heteroatoms. The number of rotatable bonds is 2. The van der Waals surface area contributed by atoms with Gasteiger partial charge in [-0.3, -0.25) is 0 Å². The Bertz CT molecular complexity index is 3930. The molecule has 2 heterocycles. The highest BCUT2D eigenvalue weighted by Crippen LogP contribution is 2.67. The van der Waals surface area contributed by atoms with Crippen molar-refractivity contribution < 1.29 is 0 Å². The summed E-state index contributed by atoms with van der Waals surface area (Å²) in [6.45, 7) is 4.53. The number of anilines is 6. The fourth-order valence-electron chi connectivity index (χ4n) is 15.3. The van der Waals surface area contributed by atoms with Crippen molar-refractivity contribution in [1.29, 1.82) is 0 Å². The lowest BCUT2D eigenvalue weighted by Crippen LogP contribution is -2.61. The van der Waals surface area contributed by atoms with E-state index in [0.717, 1.165) is 0 Å². The third-order valence-corrected chi connectivity index (χ3v) is 17.8. The molecule has 0 fully saturated rings. The first kappa shape index (κ1) is 39.8. The average Bonchev–Trinajstić information content (AvgIpc) is 4.13. The van der Waals surface area contributed by atoms with Gasteiger partial charge in [-0.1, -0.05) is 211 Å². The van der Waals surface area contributed by atoms with E-state index < -0.39 is 10.8 Å². The summed E-state index contributed by atoms with van der Waals surface area (Å²) in [5.41, 5.74) is 34.2. The topological polar surface area (TPSA) is 6.48 Å². The van der Waals surface area contributed by atoms with Gasteiger partial charge in [0.15, 0.2) is 0 Å². The first-order valence-corrected chi connectivity index (χ1v) is 25.9. The molecule has 17 rings (SSSR count). The zero-order chi connectivity index (χ0) is 47.9. The summed E-state index contributed by atoms with van der Waals surface area (Å²) in [5.74, 6) is 0. The largest absolute Gasteiger partial charge is 0.311 e. The molecule has 6 aliphatic rings. The van der Waals surface area contributed by atoms with Gasteiger partial charge < -0.3 is 9.80 Å². The third-order valence-electron chi connectivity index (χ3n) is 17.8. The highest BCUT2D eigenvalue weighted by atomic mass is 15.2. The fourth-order valence-corrected chi connectivity index (χ4v) is 15.3. The summed E-state index contributed by atoms with van der Waals surface area (Å²) in [6, 6.07) is 90.8. The molecule has 0 bridgehead atoms. The number of hydrogen-bond acceptors (Lipinski definition) is 2. The van der Waals surface area contributed by atoms with E-state index in [1.54, 1.807) is 0 Å². The maximum absolute atomic E-state index is 2.64. The molecule has 0 amide bonds. The lowest BCUT2D eigenvalue weighted by molar-refractivity contribution is 0.793. The Kier molecular flexibility index (Phi) is 7.59. The quantitative estimate of drug-likeness (QED) is 0.159. The molecule has 2 aliphatic heterocycles. The van der Waals surface area contributed by atoms with Crippen molar-refractivity contribution in [2.24, 2.45) is 0 Å². The van der Waals surface area contributed by atoms with Gasteiger partial charge in [0.2, 0.25) is 0 Å². The van der Waals surface area contributed by atoms with Gasteiger partial charge in [-0.15, -0.1) is 0 Å². The molecule has 4 aliphatic carbocycles. The fraction of sp³-hybridized carbons (Fsp3) is 0.0571. The Morgan fingerprint density at radius 1 is 0.274 bits per heavy atom. The monoisotopic (exact) mass is 924 g/mol. The minimum atomic E-state index is -0.450. The van der Waals surface area contributed by atoms with Crippen molar-refractivity contribution in [3.8, 4) is 44.5 Å². The van der Waals surface area contributed by atoms with Crippen molar-refractivity contribution in [2.75, 3.05) is 9.80 Å². The molecule has 0 saturated carbocycles. The minimum Gasteiger partial charge on any atom is -0.311 e. The summed E-state index contributed by atoms with van der Waals surface area (Å²) in [4.78, 5) is 5.27. The van der Waals surface area contributed by atoms with Crippen molar-refractivity contribution >= 4 is 57.2 Å². The molecule has 73 heavy (non-hydrogen) atoms. The maximum Gasteiger partial charge on any atom is 0.252 e. The van der Waals surface area contributed by atoms with Crippen LogP contribution in [0.25, 0.3) is 44.5 Å². The molecule has 0 unspecified atom stereocenters. The molecule has 338 valence electrons. The smallest absolute Gasteiger partial charge is 0.252 e. The van der Waals surface area contributed by atoms with Crippen molar-refractivity contribution in [1.82, 2.24) is 0 Å².